The number of rotatable bonds is 3. The highest BCUT2D eigenvalue weighted by molar-refractivity contribution is 14.1. The van der Waals surface area contributed by atoms with Crippen LogP contribution in [0, 0.1) is 10.5 Å². The van der Waals surface area contributed by atoms with Gasteiger partial charge in [-0.3, -0.25) is 4.72 Å². The molecule has 0 bridgehead atoms. The minimum absolute atomic E-state index is 0.513. The van der Waals surface area contributed by atoms with Gasteiger partial charge in [0.15, 0.2) is 0 Å². The van der Waals surface area contributed by atoms with Gasteiger partial charge in [0.25, 0.3) is 0 Å². The molecule has 0 amide bonds. The van der Waals surface area contributed by atoms with Gasteiger partial charge in [0, 0.05) is 29.7 Å². The van der Waals surface area contributed by atoms with Crippen LogP contribution in [0.4, 0.5) is 5.69 Å². The number of piperazine rings is 1. The molecule has 1 aromatic carbocycles. The highest BCUT2D eigenvalue weighted by atomic mass is 127. The average molecular weight is 381 g/mol. The number of nitrogens with one attached hydrogen (secondary N) is 2. The summed E-state index contributed by atoms with van der Waals surface area (Å²) in [7, 11) is -3.43. The highest BCUT2D eigenvalue weighted by Gasteiger charge is 2.23. The Labute approximate surface area is 121 Å². The van der Waals surface area contributed by atoms with Crippen LogP contribution in [0.5, 0.6) is 0 Å². The second kappa shape index (κ2) is 5.72. The number of hydrogen-bond donors (Lipinski definition) is 2. The van der Waals surface area contributed by atoms with Crippen LogP contribution in [0.25, 0.3) is 0 Å². The lowest BCUT2D eigenvalue weighted by Gasteiger charge is -2.27. The molecular weight excluding hydrogens is 365 g/mol. The van der Waals surface area contributed by atoms with E-state index >= 15 is 0 Å². The number of nitrogens with zero attached hydrogens (tertiary/aromatic N) is 1. The fraction of sp³-hybridized carbons (Fsp3) is 0.455. The van der Waals surface area contributed by atoms with Crippen LogP contribution >= 0.6 is 22.6 Å². The van der Waals surface area contributed by atoms with Gasteiger partial charge in [-0.25, -0.2) is 0 Å². The fourth-order valence-corrected chi connectivity index (χ4v) is 3.78. The van der Waals surface area contributed by atoms with Gasteiger partial charge in [-0.1, -0.05) is 0 Å². The molecular formula is C11H16IN3O2S. The zero-order valence-electron chi connectivity index (χ0n) is 10.1. The third-order valence-electron chi connectivity index (χ3n) is 2.84. The van der Waals surface area contributed by atoms with E-state index < -0.39 is 10.2 Å². The Morgan fingerprint density at radius 3 is 2.61 bits per heavy atom. The molecule has 100 valence electrons. The Morgan fingerprint density at radius 2 is 2.00 bits per heavy atom. The monoisotopic (exact) mass is 381 g/mol. The predicted molar refractivity (Wildman–Crippen MR) is 80.9 cm³/mol. The molecule has 5 nitrogen and oxygen atoms in total. The minimum atomic E-state index is -3.43. The third-order valence-corrected chi connectivity index (χ3v) is 5.04. The molecule has 0 unspecified atom stereocenters. The lowest BCUT2D eigenvalue weighted by atomic mass is 10.2. The molecule has 1 heterocycles. The Morgan fingerprint density at radius 1 is 1.33 bits per heavy atom. The lowest BCUT2D eigenvalue weighted by molar-refractivity contribution is 0.362. The van der Waals surface area contributed by atoms with Crippen LogP contribution in [0.1, 0.15) is 5.56 Å². The molecule has 0 spiro atoms. The maximum absolute atomic E-state index is 12.2. The van der Waals surface area contributed by atoms with Gasteiger partial charge in [-0.2, -0.15) is 12.7 Å². The van der Waals surface area contributed by atoms with E-state index in [-0.39, 0.29) is 0 Å². The third kappa shape index (κ3) is 3.34. The van der Waals surface area contributed by atoms with Gasteiger partial charge in [0.05, 0.1) is 5.69 Å². The number of benzene rings is 1. The summed E-state index contributed by atoms with van der Waals surface area (Å²) in [6.45, 7) is 4.33. The van der Waals surface area contributed by atoms with Crippen molar-refractivity contribution in [2.45, 2.75) is 6.92 Å². The summed E-state index contributed by atoms with van der Waals surface area (Å²) in [5.41, 5.74) is 1.58. The summed E-state index contributed by atoms with van der Waals surface area (Å²) in [6, 6.07) is 5.65. The van der Waals surface area contributed by atoms with Crippen molar-refractivity contribution in [3.8, 4) is 0 Å². The van der Waals surface area contributed by atoms with E-state index in [9.17, 15) is 8.42 Å². The Kier molecular flexibility index (Phi) is 4.46. The predicted octanol–water partition coefficient (Wildman–Crippen LogP) is 1.16. The number of anilines is 1. The Balaban J connectivity index is 2.16. The van der Waals surface area contributed by atoms with E-state index in [0.717, 1.165) is 9.13 Å². The Hall–Kier alpha value is -0.380. The molecule has 1 saturated heterocycles. The van der Waals surface area contributed by atoms with Gasteiger partial charge in [-0.15, -0.1) is 0 Å². The van der Waals surface area contributed by atoms with Crippen molar-refractivity contribution in [2.24, 2.45) is 0 Å². The van der Waals surface area contributed by atoms with E-state index in [1.807, 2.05) is 19.1 Å². The zero-order valence-corrected chi connectivity index (χ0v) is 13.1. The normalized spacial score (nSPS) is 17.7. The second-order valence-corrected chi connectivity index (χ2v) is 7.13. The van der Waals surface area contributed by atoms with Crippen molar-refractivity contribution in [3.63, 3.8) is 0 Å². The molecule has 1 aliphatic rings. The van der Waals surface area contributed by atoms with E-state index in [0.29, 0.717) is 31.9 Å². The summed E-state index contributed by atoms with van der Waals surface area (Å²) < 4.78 is 29.6. The Bertz CT molecular complexity index is 527. The minimum Gasteiger partial charge on any atom is -0.314 e. The lowest BCUT2D eigenvalue weighted by Crippen LogP contribution is -2.48. The number of aryl methyl sites for hydroxylation is 1. The number of hydrogen-bond acceptors (Lipinski definition) is 3. The van der Waals surface area contributed by atoms with Crippen LogP contribution in [-0.2, 0) is 10.2 Å². The van der Waals surface area contributed by atoms with Crippen LogP contribution < -0.4 is 10.0 Å². The molecule has 18 heavy (non-hydrogen) atoms. The van der Waals surface area contributed by atoms with E-state index in [1.165, 1.54) is 4.31 Å². The molecule has 0 saturated carbocycles. The summed E-state index contributed by atoms with van der Waals surface area (Å²) >= 11 is 2.21. The van der Waals surface area contributed by atoms with Gasteiger partial charge in [-0.05, 0) is 53.3 Å². The molecule has 2 rings (SSSR count). The average Bonchev–Trinajstić information content (AvgIpc) is 2.34. The van der Waals surface area contributed by atoms with E-state index in [4.69, 9.17) is 0 Å². The van der Waals surface area contributed by atoms with E-state index in [2.05, 4.69) is 32.6 Å². The standard InChI is InChI=1S/C11H16IN3O2S/c1-9-8-10(12)2-3-11(9)14-18(16,17)15-6-4-13-5-7-15/h2-3,8,13-14H,4-7H2,1H3. The highest BCUT2D eigenvalue weighted by Crippen LogP contribution is 2.20. The molecule has 0 atom stereocenters. The maximum atomic E-state index is 12.2. The molecule has 1 fully saturated rings. The maximum Gasteiger partial charge on any atom is 0.301 e. The largest absolute Gasteiger partial charge is 0.314 e. The first kappa shape index (κ1) is 14.0. The zero-order chi connectivity index (χ0) is 13.2. The molecule has 2 N–H and O–H groups in total. The number of halogens is 1. The van der Waals surface area contributed by atoms with Gasteiger partial charge in [0.1, 0.15) is 0 Å². The summed E-state index contributed by atoms with van der Waals surface area (Å²) in [4.78, 5) is 0. The van der Waals surface area contributed by atoms with Gasteiger partial charge in [0.2, 0.25) is 0 Å². The first-order chi connectivity index (χ1) is 8.49. The van der Waals surface area contributed by atoms with Crippen molar-refractivity contribution < 1.29 is 8.42 Å². The van der Waals surface area contributed by atoms with Crippen LogP contribution in [0.15, 0.2) is 18.2 Å². The first-order valence-corrected chi connectivity index (χ1v) is 8.26. The fourth-order valence-electron chi connectivity index (χ4n) is 1.83. The summed E-state index contributed by atoms with van der Waals surface area (Å²) in [5.74, 6) is 0. The van der Waals surface area contributed by atoms with Crippen molar-refractivity contribution in [3.05, 3.63) is 27.3 Å². The topological polar surface area (TPSA) is 61.4 Å². The first-order valence-electron chi connectivity index (χ1n) is 5.74. The van der Waals surface area contributed by atoms with Crippen molar-refractivity contribution >= 4 is 38.5 Å². The molecule has 0 aliphatic carbocycles. The van der Waals surface area contributed by atoms with Gasteiger partial charge >= 0.3 is 10.2 Å². The smallest absolute Gasteiger partial charge is 0.301 e. The van der Waals surface area contributed by atoms with Crippen LogP contribution in [0.3, 0.4) is 0 Å². The summed E-state index contributed by atoms with van der Waals surface area (Å²) in [5, 5.41) is 3.13. The van der Waals surface area contributed by atoms with Crippen molar-refractivity contribution in [2.75, 3.05) is 30.9 Å². The molecule has 0 aromatic heterocycles. The second-order valence-electron chi connectivity index (χ2n) is 4.22. The van der Waals surface area contributed by atoms with E-state index in [1.54, 1.807) is 6.07 Å². The molecule has 1 aromatic rings. The van der Waals surface area contributed by atoms with Crippen LogP contribution in [0.2, 0.25) is 0 Å². The van der Waals surface area contributed by atoms with Crippen LogP contribution in [-0.4, -0.2) is 38.9 Å². The molecule has 7 heteroatoms. The van der Waals surface area contributed by atoms with Gasteiger partial charge < -0.3 is 5.32 Å². The SMILES string of the molecule is Cc1cc(I)ccc1NS(=O)(=O)N1CCNCC1. The van der Waals surface area contributed by atoms with Crippen molar-refractivity contribution in [1.29, 1.82) is 0 Å². The van der Waals surface area contributed by atoms with Crippen molar-refractivity contribution in [1.82, 2.24) is 9.62 Å². The molecule has 1 aliphatic heterocycles. The quantitative estimate of drug-likeness (QED) is 0.773. The summed E-state index contributed by atoms with van der Waals surface area (Å²) in [6.07, 6.45) is 0. The molecule has 0 radical (unpaired) electrons.